The van der Waals surface area contributed by atoms with Gasteiger partial charge in [-0.3, -0.25) is 0 Å². The Balaban J connectivity index is 2.99. The molecule has 0 aromatic heterocycles. The molecule has 0 aromatic carbocycles. The molecule has 0 spiro atoms. The maximum Gasteiger partial charge on any atom is 0.0591 e. The second kappa shape index (κ2) is 9.49. The molecule has 0 aromatic rings. The van der Waals surface area contributed by atoms with E-state index >= 15 is 0 Å². The van der Waals surface area contributed by atoms with Crippen LogP contribution in [0.25, 0.3) is 0 Å². The predicted octanol–water partition coefficient (Wildman–Crippen LogP) is 2.13. The summed E-state index contributed by atoms with van der Waals surface area (Å²) in [7, 11) is 0. The Morgan fingerprint density at radius 3 is 2.77 bits per heavy atom. The second-order valence-corrected chi connectivity index (χ2v) is 3.18. The topological polar surface area (TPSA) is 21.3 Å². The summed E-state index contributed by atoms with van der Waals surface area (Å²) in [6, 6.07) is 0. The first-order valence-corrected chi connectivity index (χ1v) is 4.80. The van der Waals surface area contributed by atoms with Crippen molar-refractivity contribution in [3.8, 4) is 0 Å². The molecule has 0 heterocycles. The molecule has 0 aliphatic carbocycles. The van der Waals surface area contributed by atoms with Crippen molar-refractivity contribution >= 4 is 0 Å². The highest BCUT2D eigenvalue weighted by Gasteiger charge is 1.86. The van der Waals surface area contributed by atoms with Gasteiger partial charge in [-0.25, -0.2) is 0 Å². The van der Waals surface area contributed by atoms with Gasteiger partial charge in [-0.15, -0.1) is 6.58 Å². The zero-order chi connectivity index (χ0) is 9.94. The normalized spacial score (nSPS) is 9.69. The fourth-order valence-corrected chi connectivity index (χ4v) is 0.791. The van der Waals surface area contributed by atoms with Crippen molar-refractivity contribution in [2.45, 2.75) is 20.3 Å². The molecule has 0 rings (SSSR count). The van der Waals surface area contributed by atoms with Crippen LogP contribution in [0.2, 0.25) is 0 Å². The van der Waals surface area contributed by atoms with Crippen LogP contribution in [-0.4, -0.2) is 26.3 Å². The summed E-state index contributed by atoms with van der Waals surface area (Å²) in [5.41, 5.74) is 1.35. The smallest absolute Gasteiger partial charge is 0.0591 e. The molecular weight excluding hydrogens is 162 g/mol. The van der Waals surface area contributed by atoms with Gasteiger partial charge in [-0.05, 0) is 20.3 Å². The summed E-state index contributed by atoms with van der Waals surface area (Å²) in [5.74, 6) is 0. The summed E-state index contributed by atoms with van der Waals surface area (Å²) in [6.07, 6.45) is 4.98. The SMILES string of the molecule is C=CCCOCCNCC=C(C)C. The summed E-state index contributed by atoms with van der Waals surface area (Å²) >= 11 is 0. The maximum absolute atomic E-state index is 5.33. The van der Waals surface area contributed by atoms with Gasteiger partial charge in [0.05, 0.1) is 13.2 Å². The Morgan fingerprint density at radius 1 is 1.38 bits per heavy atom. The van der Waals surface area contributed by atoms with Crippen LogP contribution in [0.1, 0.15) is 20.3 Å². The first-order chi connectivity index (χ1) is 6.27. The summed E-state index contributed by atoms with van der Waals surface area (Å²) in [4.78, 5) is 0. The van der Waals surface area contributed by atoms with Crippen molar-refractivity contribution in [2.75, 3.05) is 26.3 Å². The highest BCUT2D eigenvalue weighted by molar-refractivity contribution is 4.94. The van der Waals surface area contributed by atoms with Gasteiger partial charge in [-0.1, -0.05) is 17.7 Å². The van der Waals surface area contributed by atoms with E-state index in [4.69, 9.17) is 4.74 Å². The van der Waals surface area contributed by atoms with Gasteiger partial charge in [0, 0.05) is 13.1 Å². The first kappa shape index (κ1) is 12.4. The van der Waals surface area contributed by atoms with Crippen LogP contribution in [0.3, 0.4) is 0 Å². The van der Waals surface area contributed by atoms with E-state index in [1.54, 1.807) is 0 Å². The van der Waals surface area contributed by atoms with Gasteiger partial charge in [-0.2, -0.15) is 0 Å². The first-order valence-electron chi connectivity index (χ1n) is 4.80. The highest BCUT2D eigenvalue weighted by atomic mass is 16.5. The average molecular weight is 183 g/mol. The van der Waals surface area contributed by atoms with E-state index < -0.39 is 0 Å². The number of nitrogens with one attached hydrogen (secondary N) is 1. The van der Waals surface area contributed by atoms with Crippen LogP contribution in [0, 0.1) is 0 Å². The molecule has 0 saturated carbocycles. The number of hydrogen-bond acceptors (Lipinski definition) is 2. The van der Waals surface area contributed by atoms with Crippen LogP contribution < -0.4 is 5.32 Å². The summed E-state index contributed by atoms with van der Waals surface area (Å²) in [5, 5.41) is 3.27. The molecule has 76 valence electrons. The molecule has 0 amide bonds. The van der Waals surface area contributed by atoms with E-state index in [0.717, 1.165) is 32.7 Å². The van der Waals surface area contributed by atoms with Crippen molar-refractivity contribution in [3.05, 3.63) is 24.3 Å². The summed E-state index contributed by atoms with van der Waals surface area (Å²) < 4.78 is 5.33. The lowest BCUT2D eigenvalue weighted by atomic mass is 10.3. The molecule has 0 atom stereocenters. The van der Waals surface area contributed by atoms with Crippen LogP contribution in [0.5, 0.6) is 0 Å². The molecule has 2 nitrogen and oxygen atoms in total. The van der Waals surface area contributed by atoms with E-state index in [1.807, 2.05) is 6.08 Å². The van der Waals surface area contributed by atoms with Gasteiger partial charge in [0.25, 0.3) is 0 Å². The Morgan fingerprint density at radius 2 is 2.15 bits per heavy atom. The van der Waals surface area contributed by atoms with Crippen molar-refractivity contribution in [3.63, 3.8) is 0 Å². The molecule has 13 heavy (non-hydrogen) atoms. The van der Waals surface area contributed by atoms with Gasteiger partial charge >= 0.3 is 0 Å². The maximum atomic E-state index is 5.33. The molecule has 0 aliphatic heterocycles. The van der Waals surface area contributed by atoms with Gasteiger partial charge in [0.15, 0.2) is 0 Å². The second-order valence-electron chi connectivity index (χ2n) is 3.18. The highest BCUT2D eigenvalue weighted by Crippen LogP contribution is 1.85. The number of ether oxygens (including phenoxy) is 1. The Hall–Kier alpha value is -0.600. The minimum absolute atomic E-state index is 0.782. The molecular formula is C11H21NO. The quantitative estimate of drug-likeness (QED) is 0.460. The third-order valence-electron chi connectivity index (χ3n) is 1.54. The lowest BCUT2D eigenvalue weighted by Gasteiger charge is -2.02. The molecule has 0 unspecified atom stereocenters. The van der Waals surface area contributed by atoms with Crippen LogP contribution in [-0.2, 0) is 4.74 Å². The Kier molecular flexibility index (Phi) is 9.05. The number of rotatable bonds is 8. The number of allylic oxidation sites excluding steroid dienone is 1. The zero-order valence-corrected chi connectivity index (χ0v) is 8.81. The summed E-state index contributed by atoms with van der Waals surface area (Å²) in [6.45, 7) is 11.2. The van der Waals surface area contributed by atoms with Gasteiger partial charge in [0.1, 0.15) is 0 Å². The fraction of sp³-hybridized carbons (Fsp3) is 0.636. The van der Waals surface area contributed by atoms with E-state index in [0.29, 0.717) is 0 Å². The van der Waals surface area contributed by atoms with E-state index in [-0.39, 0.29) is 0 Å². The van der Waals surface area contributed by atoms with Crippen LogP contribution in [0.15, 0.2) is 24.3 Å². The van der Waals surface area contributed by atoms with Crippen molar-refractivity contribution < 1.29 is 4.74 Å². The third-order valence-corrected chi connectivity index (χ3v) is 1.54. The van der Waals surface area contributed by atoms with Gasteiger partial charge in [0.2, 0.25) is 0 Å². The average Bonchev–Trinajstić information content (AvgIpc) is 2.09. The van der Waals surface area contributed by atoms with Gasteiger partial charge < -0.3 is 10.1 Å². The minimum Gasteiger partial charge on any atom is -0.380 e. The molecule has 0 bridgehead atoms. The standard InChI is InChI=1S/C11H21NO/c1-4-5-9-13-10-8-12-7-6-11(2)3/h4,6,12H,1,5,7-10H2,2-3H3. The monoisotopic (exact) mass is 183 g/mol. The molecule has 2 heteroatoms. The molecule has 0 aliphatic rings. The zero-order valence-electron chi connectivity index (χ0n) is 8.81. The third kappa shape index (κ3) is 11.4. The van der Waals surface area contributed by atoms with Crippen molar-refractivity contribution in [1.82, 2.24) is 5.32 Å². The van der Waals surface area contributed by atoms with E-state index in [9.17, 15) is 0 Å². The number of hydrogen-bond donors (Lipinski definition) is 1. The van der Waals surface area contributed by atoms with Crippen molar-refractivity contribution in [2.24, 2.45) is 0 Å². The predicted molar refractivity (Wildman–Crippen MR) is 57.9 cm³/mol. The largest absolute Gasteiger partial charge is 0.380 e. The Bertz CT molecular complexity index is 148. The Labute approximate surface area is 81.7 Å². The van der Waals surface area contributed by atoms with Crippen LogP contribution in [0.4, 0.5) is 0 Å². The van der Waals surface area contributed by atoms with Crippen molar-refractivity contribution in [1.29, 1.82) is 0 Å². The van der Waals surface area contributed by atoms with E-state index in [1.165, 1.54) is 5.57 Å². The molecule has 0 radical (unpaired) electrons. The lowest BCUT2D eigenvalue weighted by molar-refractivity contribution is 0.141. The fourth-order valence-electron chi connectivity index (χ4n) is 0.791. The molecule has 0 fully saturated rings. The lowest BCUT2D eigenvalue weighted by Crippen LogP contribution is -2.19. The van der Waals surface area contributed by atoms with E-state index in [2.05, 4.69) is 31.8 Å². The van der Waals surface area contributed by atoms with Crippen LogP contribution >= 0.6 is 0 Å². The molecule has 0 saturated heterocycles. The molecule has 1 N–H and O–H groups in total. The minimum atomic E-state index is 0.782.